The Morgan fingerprint density at radius 2 is 1.80 bits per heavy atom. The van der Waals surface area contributed by atoms with Crippen molar-refractivity contribution in [2.24, 2.45) is 0 Å². The molecule has 0 unspecified atom stereocenters. The first kappa shape index (κ1) is 21.3. The molecule has 1 heterocycles. The van der Waals surface area contributed by atoms with Crippen LogP contribution in [-0.2, 0) is 19.1 Å². The maximum Gasteiger partial charge on any atom is 0.325 e. The van der Waals surface area contributed by atoms with Crippen LogP contribution in [0.15, 0.2) is 30.3 Å². The van der Waals surface area contributed by atoms with Crippen LogP contribution >= 0.6 is 0 Å². The lowest BCUT2D eigenvalue weighted by Crippen LogP contribution is -2.44. The number of ether oxygens (including phenoxy) is 1. The van der Waals surface area contributed by atoms with Crippen molar-refractivity contribution in [3.8, 4) is 0 Å². The Morgan fingerprint density at radius 3 is 2.50 bits per heavy atom. The number of imide groups is 2. The summed E-state index contributed by atoms with van der Waals surface area (Å²) in [6.45, 7) is -0.500. The van der Waals surface area contributed by atoms with E-state index < -0.39 is 36.1 Å². The van der Waals surface area contributed by atoms with Gasteiger partial charge in [-0.2, -0.15) is 0 Å². The molecule has 1 spiro atoms. The van der Waals surface area contributed by atoms with Crippen LogP contribution in [0, 0.1) is 0 Å². The number of amides is 6. The van der Waals surface area contributed by atoms with Crippen LogP contribution in [0.25, 0.3) is 0 Å². The van der Waals surface area contributed by atoms with E-state index in [1.54, 1.807) is 30.3 Å². The summed E-state index contributed by atoms with van der Waals surface area (Å²) in [7, 11) is 0. The lowest BCUT2D eigenvalue weighted by atomic mass is 9.98. The minimum Gasteiger partial charge on any atom is -0.456 e. The number of benzene rings is 1. The molecule has 1 saturated carbocycles. The Kier molecular flexibility index (Phi) is 6.65. The van der Waals surface area contributed by atoms with Gasteiger partial charge in [-0.15, -0.1) is 0 Å². The van der Waals surface area contributed by atoms with Crippen LogP contribution in [0.2, 0.25) is 0 Å². The summed E-state index contributed by atoms with van der Waals surface area (Å²) in [6, 6.07) is 7.39. The zero-order valence-electron chi connectivity index (χ0n) is 16.4. The van der Waals surface area contributed by atoms with E-state index in [0.29, 0.717) is 18.5 Å². The average molecular weight is 416 g/mol. The molecule has 2 fully saturated rings. The molecule has 3 N–H and O–H groups in total. The zero-order chi connectivity index (χ0) is 21.6. The maximum absolute atomic E-state index is 12.5. The molecule has 0 radical (unpaired) electrons. The van der Waals surface area contributed by atoms with E-state index in [9.17, 15) is 24.0 Å². The third-order valence-corrected chi connectivity index (χ3v) is 5.11. The predicted molar refractivity (Wildman–Crippen MR) is 105 cm³/mol. The van der Waals surface area contributed by atoms with Crippen LogP contribution in [-0.4, -0.2) is 53.4 Å². The standard InChI is InChI=1S/C20H24N4O6/c25-15(22-18(28)21-14-7-2-1-3-8-14)13-30-16(26)9-6-12-24-17(27)20(23-19(24)29)10-4-5-11-20/h1-3,7-8H,4-6,9-13H2,(H,23,29)(H2,21,22,25,28). The fraction of sp³-hybridized carbons (Fsp3) is 0.450. The van der Waals surface area contributed by atoms with Gasteiger partial charge in [0, 0.05) is 18.7 Å². The molecule has 1 aromatic carbocycles. The summed E-state index contributed by atoms with van der Waals surface area (Å²) < 4.78 is 4.83. The Balaban J connectivity index is 1.33. The Morgan fingerprint density at radius 1 is 1.10 bits per heavy atom. The van der Waals surface area contributed by atoms with Crippen molar-refractivity contribution in [2.75, 3.05) is 18.5 Å². The Hall–Kier alpha value is -3.43. The van der Waals surface area contributed by atoms with Gasteiger partial charge in [-0.3, -0.25) is 24.6 Å². The fourth-order valence-corrected chi connectivity index (χ4v) is 3.64. The third-order valence-electron chi connectivity index (χ3n) is 5.11. The van der Waals surface area contributed by atoms with Crippen LogP contribution in [0.3, 0.4) is 0 Å². The van der Waals surface area contributed by atoms with Crippen molar-refractivity contribution >= 4 is 35.5 Å². The molecule has 1 saturated heterocycles. The summed E-state index contributed by atoms with van der Waals surface area (Å²) in [4.78, 5) is 60.9. The summed E-state index contributed by atoms with van der Waals surface area (Å²) in [6.07, 6.45) is 3.25. The van der Waals surface area contributed by atoms with E-state index in [2.05, 4.69) is 16.0 Å². The normalized spacial score (nSPS) is 17.0. The molecule has 160 valence electrons. The number of urea groups is 2. The van der Waals surface area contributed by atoms with Gasteiger partial charge in [-0.05, 0) is 31.4 Å². The molecule has 0 aromatic heterocycles. The quantitative estimate of drug-likeness (QED) is 0.456. The second-order valence-electron chi connectivity index (χ2n) is 7.31. The minimum absolute atomic E-state index is 0.0620. The van der Waals surface area contributed by atoms with Crippen molar-refractivity contribution in [1.29, 1.82) is 0 Å². The number of para-hydroxylation sites is 1. The minimum atomic E-state index is -0.769. The van der Waals surface area contributed by atoms with Crippen LogP contribution in [0.4, 0.5) is 15.3 Å². The molecule has 0 atom stereocenters. The molecule has 1 aliphatic carbocycles. The van der Waals surface area contributed by atoms with E-state index in [1.165, 1.54) is 0 Å². The highest BCUT2D eigenvalue weighted by atomic mass is 16.5. The molecule has 0 bridgehead atoms. The van der Waals surface area contributed by atoms with Crippen LogP contribution in [0.1, 0.15) is 38.5 Å². The molecular weight excluding hydrogens is 392 g/mol. The smallest absolute Gasteiger partial charge is 0.325 e. The van der Waals surface area contributed by atoms with Crippen molar-refractivity contribution in [2.45, 2.75) is 44.1 Å². The SMILES string of the molecule is O=C(COC(=O)CCCN1C(=O)NC2(CCCC2)C1=O)NC(=O)Nc1ccccc1. The highest BCUT2D eigenvalue weighted by Gasteiger charge is 2.52. The predicted octanol–water partition coefficient (Wildman–Crippen LogP) is 1.52. The molecule has 30 heavy (non-hydrogen) atoms. The molecule has 6 amide bonds. The maximum atomic E-state index is 12.5. The highest BCUT2D eigenvalue weighted by Crippen LogP contribution is 2.35. The monoisotopic (exact) mass is 416 g/mol. The van der Waals surface area contributed by atoms with Gasteiger partial charge >= 0.3 is 18.0 Å². The van der Waals surface area contributed by atoms with Crippen LogP contribution in [0.5, 0.6) is 0 Å². The van der Waals surface area contributed by atoms with Gasteiger partial charge in [0.1, 0.15) is 5.54 Å². The molecule has 10 heteroatoms. The van der Waals surface area contributed by atoms with Crippen molar-refractivity contribution in [1.82, 2.24) is 15.5 Å². The third kappa shape index (κ3) is 5.13. The lowest BCUT2D eigenvalue weighted by molar-refractivity contribution is -0.148. The summed E-state index contributed by atoms with van der Waals surface area (Å²) >= 11 is 0. The van der Waals surface area contributed by atoms with Gasteiger partial charge in [0.2, 0.25) is 0 Å². The van der Waals surface area contributed by atoms with E-state index >= 15 is 0 Å². The first-order valence-corrected chi connectivity index (χ1v) is 9.85. The second-order valence-corrected chi connectivity index (χ2v) is 7.31. The van der Waals surface area contributed by atoms with E-state index in [0.717, 1.165) is 17.7 Å². The molecular formula is C20H24N4O6. The number of carbonyl (C=O) groups excluding carboxylic acids is 5. The van der Waals surface area contributed by atoms with Gasteiger partial charge in [-0.1, -0.05) is 31.0 Å². The number of carbonyl (C=O) groups is 5. The Labute approximate surface area is 173 Å². The zero-order valence-corrected chi connectivity index (χ0v) is 16.4. The summed E-state index contributed by atoms with van der Waals surface area (Å²) in [5.74, 6) is -1.66. The number of nitrogens with zero attached hydrogens (tertiary/aromatic N) is 1. The first-order chi connectivity index (χ1) is 14.4. The van der Waals surface area contributed by atoms with E-state index in [1.807, 2.05) is 0 Å². The van der Waals surface area contributed by atoms with Crippen molar-refractivity contribution in [3.05, 3.63) is 30.3 Å². The number of hydrogen-bond donors (Lipinski definition) is 3. The van der Waals surface area contributed by atoms with Gasteiger partial charge in [0.25, 0.3) is 11.8 Å². The molecule has 10 nitrogen and oxygen atoms in total. The molecule has 1 aliphatic heterocycles. The number of esters is 1. The molecule has 1 aromatic rings. The largest absolute Gasteiger partial charge is 0.456 e. The Bertz CT molecular complexity index is 835. The van der Waals surface area contributed by atoms with Crippen LogP contribution < -0.4 is 16.0 Å². The number of nitrogens with one attached hydrogen (secondary N) is 3. The summed E-state index contributed by atoms with van der Waals surface area (Å²) in [5, 5.41) is 7.29. The van der Waals surface area contributed by atoms with Crippen molar-refractivity contribution in [3.63, 3.8) is 0 Å². The molecule has 3 rings (SSSR count). The molecule has 2 aliphatic rings. The topological polar surface area (TPSA) is 134 Å². The fourth-order valence-electron chi connectivity index (χ4n) is 3.64. The van der Waals surface area contributed by atoms with E-state index in [-0.39, 0.29) is 25.3 Å². The van der Waals surface area contributed by atoms with Gasteiger partial charge in [0.15, 0.2) is 6.61 Å². The van der Waals surface area contributed by atoms with Gasteiger partial charge < -0.3 is 15.4 Å². The average Bonchev–Trinajstić information content (AvgIpc) is 3.27. The van der Waals surface area contributed by atoms with E-state index in [4.69, 9.17) is 4.74 Å². The number of anilines is 1. The van der Waals surface area contributed by atoms with Gasteiger partial charge in [0.05, 0.1) is 0 Å². The number of rotatable bonds is 7. The van der Waals surface area contributed by atoms with Gasteiger partial charge in [-0.25, -0.2) is 9.59 Å². The second kappa shape index (κ2) is 9.38. The lowest BCUT2D eigenvalue weighted by Gasteiger charge is -2.19. The highest BCUT2D eigenvalue weighted by molar-refractivity contribution is 6.07. The summed E-state index contributed by atoms with van der Waals surface area (Å²) in [5.41, 5.74) is -0.254. The van der Waals surface area contributed by atoms with Crippen molar-refractivity contribution < 1.29 is 28.7 Å². The first-order valence-electron chi connectivity index (χ1n) is 9.85. The number of hydrogen-bond acceptors (Lipinski definition) is 6.